The van der Waals surface area contributed by atoms with E-state index in [0.29, 0.717) is 18.2 Å². The molecule has 1 aliphatic rings. The second-order valence-corrected chi connectivity index (χ2v) is 5.96. The molecule has 110 valence electrons. The molecule has 4 nitrogen and oxygen atoms in total. The summed E-state index contributed by atoms with van der Waals surface area (Å²) in [4.78, 5) is 9.20. The second kappa shape index (κ2) is 6.41. The fraction of sp³-hybridized carbons (Fsp3) is 0.375. The van der Waals surface area contributed by atoms with Crippen molar-refractivity contribution in [2.75, 3.05) is 5.43 Å². The predicted octanol–water partition coefficient (Wildman–Crippen LogP) is 3.66. The average Bonchev–Trinajstić information content (AvgIpc) is 3.01. The Balaban J connectivity index is 1.88. The molecule has 3 rings (SSSR count). The molecule has 0 amide bonds. The molecule has 1 fully saturated rings. The molecule has 1 saturated carbocycles. The number of nitrogens with two attached hydrogens (primary N) is 1. The van der Waals surface area contributed by atoms with Crippen molar-refractivity contribution in [1.82, 2.24) is 9.97 Å². The Bertz CT molecular complexity index is 623. The highest BCUT2D eigenvalue weighted by Crippen LogP contribution is 2.33. The topological polar surface area (TPSA) is 63.8 Å². The van der Waals surface area contributed by atoms with Crippen LogP contribution in [0.1, 0.15) is 48.7 Å². The highest BCUT2D eigenvalue weighted by Gasteiger charge is 2.20. The van der Waals surface area contributed by atoms with E-state index in [1.807, 2.05) is 30.3 Å². The maximum atomic E-state index is 6.03. The summed E-state index contributed by atoms with van der Waals surface area (Å²) < 4.78 is 0. The summed E-state index contributed by atoms with van der Waals surface area (Å²) in [5.41, 5.74) is 4.86. The fourth-order valence-electron chi connectivity index (χ4n) is 2.93. The van der Waals surface area contributed by atoms with Crippen LogP contribution < -0.4 is 11.3 Å². The fourth-order valence-corrected chi connectivity index (χ4v) is 3.14. The van der Waals surface area contributed by atoms with Gasteiger partial charge in [-0.2, -0.15) is 0 Å². The number of nitrogens with one attached hydrogen (secondary N) is 1. The number of hydrogen-bond acceptors (Lipinski definition) is 4. The zero-order chi connectivity index (χ0) is 14.7. The lowest BCUT2D eigenvalue weighted by Crippen LogP contribution is -2.13. The molecule has 0 bridgehead atoms. The van der Waals surface area contributed by atoms with E-state index in [0.717, 1.165) is 22.1 Å². The van der Waals surface area contributed by atoms with Gasteiger partial charge in [0, 0.05) is 29.1 Å². The summed E-state index contributed by atoms with van der Waals surface area (Å²) in [6.07, 6.45) is 5.64. The third-order valence-electron chi connectivity index (χ3n) is 3.96. The van der Waals surface area contributed by atoms with E-state index in [1.165, 1.54) is 25.7 Å². The predicted molar refractivity (Wildman–Crippen MR) is 85.3 cm³/mol. The van der Waals surface area contributed by atoms with Crippen LogP contribution in [0.2, 0.25) is 5.02 Å². The van der Waals surface area contributed by atoms with Crippen LogP contribution in [0.15, 0.2) is 30.3 Å². The van der Waals surface area contributed by atoms with Gasteiger partial charge in [-0.05, 0) is 30.5 Å². The van der Waals surface area contributed by atoms with Gasteiger partial charge in [0.15, 0.2) is 0 Å². The number of benzene rings is 1. The highest BCUT2D eigenvalue weighted by molar-refractivity contribution is 6.30. The van der Waals surface area contributed by atoms with Crippen LogP contribution in [0.5, 0.6) is 0 Å². The first-order chi connectivity index (χ1) is 10.2. The van der Waals surface area contributed by atoms with Crippen LogP contribution in [0.25, 0.3) is 0 Å². The second-order valence-electron chi connectivity index (χ2n) is 5.53. The van der Waals surface area contributed by atoms with Crippen LogP contribution in [-0.4, -0.2) is 9.97 Å². The summed E-state index contributed by atoms with van der Waals surface area (Å²) in [7, 11) is 0. The summed E-state index contributed by atoms with van der Waals surface area (Å²) in [5, 5.41) is 0.733. The molecular weight excluding hydrogens is 284 g/mol. The molecule has 1 aromatic heterocycles. The van der Waals surface area contributed by atoms with Gasteiger partial charge in [-0.3, -0.25) is 0 Å². The SMILES string of the molecule is NNc1cc(C2CCCC2)nc(Cc2cccc(Cl)c2)n1. The first-order valence-corrected chi connectivity index (χ1v) is 7.71. The number of nitrogen functional groups attached to an aromatic ring is 1. The monoisotopic (exact) mass is 302 g/mol. The number of anilines is 1. The minimum Gasteiger partial charge on any atom is -0.308 e. The van der Waals surface area contributed by atoms with E-state index in [4.69, 9.17) is 22.4 Å². The van der Waals surface area contributed by atoms with E-state index in [2.05, 4.69) is 10.4 Å². The third kappa shape index (κ3) is 3.52. The van der Waals surface area contributed by atoms with Gasteiger partial charge in [-0.1, -0.05) is 36.6 Å². The van der Waals surface area contributed by atoms with Crippen molar-refractivity contribution in [2.45, 2.75) is 38.0 Å². The van der Waals surface area contributed by atoms with Crippen LogP contribution in [0, 0.1) is 0 Å². The van der Waals surface area contributed by atoms with Crippen LogP contribution >= 0.6 is 11.6 Å². The molecule has 0 aliphatic heterocycles. The largest absolute Gasteiger partial charge is 0.308 e. The van der Waals surface area contributed by atoms with Gasteiger partial charge in [-0.15, -0.1) is 0 Å². The van der Waals surface area contributed by atoms with E-state index in [1.54, 1.807) is 0 Å². The first kappa shape index (κ1) is 14.3. The molecular formula is C16H19ClN4. The number of halogens is 1. The maximum absolute atomic E-state index is 6.03. The van der Waals surface area contributed by atoms with Crippen molar-refractivity contribution >= 4 is 17.4 Å². The molecule has 0 unspecified atom stereocenters. The minimum absolute atomic E-state index is 0.540. The number of rotatable bonds is 4. The zero-order valence-corrected chi connectivity index (χ0v) is 12.6. The quantitative estimate of drug-likeness (QED) is 0.668. The standard InChI is InChI=1S/C16H19ClN4/c17-13-7-3-4-11(8-13)9-15-19-14(10-16(20-15)21-18)12-5-1-2-6-12/h3-4,7-8,10,12H,1-2,5-6,9,18H2,(H,19,20,21). The zero-order valence-electron chi connectivity index (χ0n) is 11.8. The van der Waals surface area contributed by atoms with Crippen molar-refractivity contribution in [3.8, 4) is 0 Å². The van der Waals surface area contributed by atoms with Gasteiger partial charge in [0.2, 0.25) is 0 Å². The molecule has 21 heavy (non-hydrogen) atoms. The van der Waals surface area contributed by atoms with E-state index < -0.39 is 0 Å². The molecule has 0 saturated heterocycles. The maximum Gasteiger partial charge on any atom is 0.143 e. The Kier molecular flexibility index (Phi) is 4.36. The average molecular weight is 303 g/mol. The van der Waals surface area contributed by atoms with Crippen LogP contribution in [0.3, 0.4) is 0 Å². The van der Waals surface area contributed by atoms with Crippen molar-refractivity contribution in [3.63, 3.8) is 0 Å². The van der Waals surface area contributed by atoms with Gasteiger partial charge in [0.25, 0.3) is 0 Å². The van der Waals surface area contributed by atoms with E-state index >= 15 is 0 Å². The molecule has 0 atom stereocenters. The van der Waals surface area contributed by atoms with Gasteiger partial charge in [0.1, 0.15) is 11.6 Å². The van der Waals surface area contributed by atoms with Crippen molar-refractivity contribution in [3.05, 3.63) is 52.4 Å². The molecule has 3 N–H and O–H groups in total. The first-order valence-electron chi connectivity index (χ1n) is 7.33. The lowest BCUT2D eigenvalue weighted by Gasteiger charge is -2.12. The lowest BCUT2D eigenvalue weighted by atomic mass is 10.0. The van der Waals surface area contributed by atoms with Crippen molar-refractivity contribution in [1.29, 1.82) is 0 Å². The Morgan fingerprint density at radius 3 is 2.71 bits per heavy atom. The number of nitrogens with zero attached hydrogens (tertiary/aromatic N) is 2. The molecule has 1 heterocycles. The number of aromatic nitrogens is 2. The molecule has 5 heteroatoms. The van der Waals surface area contributed by atoms with E-state index in [-0.39, 0.29) is 0 Å². The molecule has 1 aromatic carbocycles. The van der Waals surface area contributed by atoms with Gasteiger partial charge >= 0.3 is 0 Å². The molecule has 1 aliphatic carbocycles. The Morgan fingerprint density at radius 1 is 1.19 bits per heavy atom. The third-order valence-corrected chi connectivity index (χ3v) is 4.20. The summed E-state index contributed by atoms with van der Waals surface area (Å²) in [5.74, 6) is 7.55. The summed E-state index contributed by atoms with van der Waals surface area (Å²) in [6, 6.07) is 9.77. The molecule has 2 aromatic rings. The van der Waals surface area contributed by atoms with E-state index in [9.17, 15) is 0 Å². The number of hydrogen-bond donors (Lipinski definition) is 2. The Hall–Kier alpha value is -1.65. The van der Waals surface area contributed by atoms with Crippen molar-refractivity contribution in [2.24, 2.45) is 5.84 Å². The van der Waals surface area contributed by atoms with Gasteiger partial charge in [0.05, 0.1) is 0 Å². The highest BCUT2D eigenvalue weighted by atomic mass is 35.5. The minimum atomic E-state index is 0.540. The lowest BCUT2D eigenvalue weighted by molar-refractivity contribution is 0.686. The summed E-state index contributed by atoms with van der Waals surface area (Å²) in [6.45, 7) is 0. The van der Waals surface area contributed by atoms with Gasteiger partial charge < -0.3 is 5.43 Å². The molecule has 0 spiro atoms. The van der Waals surface area contributed by atoms with Gasteiger partial charge in [-0.25, -0.2) is 15.8 Å². The normalized spacial score (nSPS) is 15.3. The smallest absolute Gasteiger partial charge is 0.143 e. The molecule has 0 radical (unpaired) electrons. The van der Waals surface area contributed by atoms with Crippen LogP contribution in [0.4, 0.5) is 5.82 Å². The Morgan fingerprint density at radius 2 is 2.00 bits per heavy atom. The van der Waals surface area contributed by atoms with Crippen LogP contribution in [-0.2, 0) is 6.42 Å². The summed E-state index contributed by atoms with van der Waals surface area (Å²) >= 11 is 6.03. The Labute approximate surface area is 129 Å². The van der Waals surface area contributed by atoms with Crippen molar-refractivity contribution < 1.29 is 0 Å². The number of hydrazine groups is 1.